The predicted molar refractivity (Wildman–Crippen MR) is 284 cm³/mol. The van der Waals surface area contributed by atoms with Gasteiger partial charge in [-0.2, -0.15) is 0 Å². The van der Waals surface area contributed by atoms with Crippen molar-refractivity contribution in [3.63, 3.8) is 0 Å². The maximum absolute atomic E-state index is 13.2. The van der Waals surface area contributed by atoms with Crippen molar-refractivity contribution in [2.75, 3.05) is 13.2 Å². The first-order valence-electron chi connectivity index (χ1n) is 29.2. The molecule has 1 rings (SSSR count). The van der Waals surface area contributed by atoms with Crippen molar-refractivity contribution in [2.45, 2.75) is 326 Å². The van der Waals surface area contributed by atoms with Gasteiger partial charge in [0.05, 0.1) is 25.4 Å². The van der Waals surface area contributed by atoms with Crippen molar-refractivity contribution in [2.24, 2.45) is 0 Å². The zero-order valence-corrected chi connectivity index (χ0v) is 44.6. The number of unbranched alkanes of at least 4 members (excludes halogenated alkanes) is 34. The molecule has 0 spiro atoms. The zero-order chi connectivity index (χ0) is 50.4. The maximum atomic E-state index is 13.2. The molecule has 1 heterocycles. The van der Waals surface area contributed by atoms with E-state index in [-0.39, 0.29) is 12.8 Å². The average Bonchev–Trinajstić information content (AvgIpc) is 3.35. The standard InChI is InChI=1S/C58H111NO10/c1-3-5-7-9-11-13-15-17-19-21-22-23-24-25-26-27-28-30-32-34-36-38-40-42-44-46-51(62)57(67)59-49(48-68-58-56(66)55(65)54(64)52(47-60)69-58)53(63)50(61)45-43-41-39-37-35-33-31-29-20-18-16-14-12-10-8-6-4-2/h25-26,37,39,49-56,58,60-66H,3-24,27-36,38,40-48H2,1-2H3,(H,59,67)/b26-25-,39-37+. The summed E-state index contributed by atoms with van der Waals surface area (Å²) in [5.74, 6) is -0.705. The monoisotopic (exact) mass is 982 g/mol. The lowest BCUT2D eigenvalue weighted by Crippen LogP contribution is -2.60. The largest absolute Gasteiger partial charge is 0.394 e. The van der Waals surface area contributed by atoms with Crippen LogP contribution in [-0.2, 0) is 14.3 Å². The van der Waals surface area contributed by atoms with Gasteiger partial charge in [-0.1, -0.05) is 231 Å². The van der Waals surface area contributed by atoms with Gasteiger partial charge in [-0.05, 0) is 64.2 Å². The van der Waals surface area contributed by atoms with Gasteiger partial charge in [-0.25, -0.2) is 0 Å². The molecule has 9 atom stereocenters. The van der Waals surface area contributed by atoms with Gasteiger partial charge in [0.1, 0.15) is 36.6 Å². The Morgan fingerprint density at radius 2 is 0.855 bits per heavy atom. The Morgan fingerprint density at radius 1 is 0.493 bits per heavy atom. The van der Waals surface area contributed by atoms with Crippen molar-refractivity contribution in [1.82, 2.24) is 5.32 Å². The second-order valence-corrected chi connectivity index (χ2v) is 20.7. The molecular weight excluding hydrogens is 871 g/mol. The predicted octanol–water partition coefficient (Wildman–Crippen LogP) is 12.1. The molecule has 0 aromatic heterocycles. The van der Waals surface area contributed by atoms with E-state index in [1.807, 2.05) is 0 Å². The van der Waals surface area contributed by atoms with E-state index in [4.69, 9.17) is 9.47 Å². The summed E-state index contributed by atoms with van der Waals surface area (Å²) in [6.45, 7) is 3.47. The lowest BCUT2D eigenvalue weighted by atomic mass is 9.98. The van der Waals surface area contributed by atoms with Crippen molar-refractivity contribution in [1.29, 1.82) is 0 Å². The van der Waals surface area contributed by atoms with Crippen molar-refractivity contribution in [3.05, 3.63) is 24.3 Å². The fraction of sp³-hybridized carbons (Fsp3) is 0.914. The molecule has 0 radical (unpaired) electrons. The highest BCUT2D eigenvalue weighted by Gasteiger charge is 2.44. The van der Waals surface area contributed by atoms with Crippen LogP contribution >= 0.6 is 0 Å². The number of nitrogens with one attached hydrogen (secondary N) is 1. The molecule has 1 aliphatic rings. The number of aliphatic hydroxyl groups excluding tert-OH is 7. The Bertz CT molecular complexity index is 1170. The topological polar surface area (TPSA) is 189 Å². The van der Waals surface area contributed by atoms with E-state index in [1.54, 1.807) is 0 Å². The smallest absolute Gasteiger partial charge is 0.249 e. The molecule has 408 valence electrons. The van der Waals surface area contributed by atoms with Crippen LogP contribution in [0, 0.1) is 0 Å². The second kappa shape index (κ2) is 47.6. The van der Waals surface area contributed by atoms with E-state index >= 15 is 0 Å². The number of rotatable bonds is 50. The van der Waals surface area contributed by atoms with Crippen molar-refractivity contribution < 1.29 is 50.0 Å². The summed E-state index contributed by atoms with van der Waals surface area (Å²) in [6.07, 6.45) is 45.2. The molecule has 1 saturated heterocycles. The average molecular weight is 983 g/mol. The molecule has 11 heteroatoms. The van der Waals surface area contributed by atoms with E-state index in [1.165, 1.54) is 193 Å². The summed E-state index contributed by atoms with van der Waals surface area (Å²) in [7, 11) is 0. The normalized spacial score (nSPS) is 20.5. The minimum Gasteiger partial charge on any atom is -0.394 e. The van der Waals surface area contributed by atoms with Crippen LogP contribution in [0.4, 0.5) is 0 Å². The fourth-order valence-corrected chi connectivity index (χ4v) is 9.44. The van der Waals surface area contributed by atoms with Crippen molar-refractivity contribution >= 4 is 5.91 Å². The van der Waals surface area contributed by atoms with E-state index in [9.17, 15) is 40.5 Å². The molecule has 0 aromatic rings. The Hall–Kier alpha value is -1.41. The minimum atomic E-state index is -1.67. The third-order valence-corrected chi connectivity index (χ3v) is 14.2. The number of amides is 1. The number of carbonyl (C=O) groups excluding carboxylic acids is 1. The summed E-state index contributed by atoms with van der Waals surface area (Å²) < 4.78 is 11.1. The van der Waals surface area contributed by atoms with Gasteiger partial charge in [0.25, 0.3) is 0 Å². The first kappa shape index (κ1) is 65.6. The molecule has 69 heavy (non-hydrogen) atoms. The molecule has 0 saturated carbocycles. The van der Waals surface area contributed by atoms with Crippen LogP contribution in [-0.4, -0.2) is 110 Å². The summed E-state index contributed by atoms with van der Waals surface area (Å²) in [5.41, 5.74) is 0. The number of hydrogen-bond donors (Lipinski definition) is 8. The molecule has 11 nitrogen and oxygen atoms in total. The number of allylic oxidation sites excluding steroid dienone is 4. The molecule has 0 aliphatic carbocycles. The second-order valence-electron chi connectivity index (χ2n) is 20.7. The van der Waals surface area contributed by atoms with Crippen LogP contribution in [0.1, 0.15) is 271 Å². The van der Waals surface area contributed by atoms with Gasteiger partial charge < -0.3 is 50.5 Å². The highest BCUT2D eigenvalue weighted by atomic mass is 16.7. The molecule has 1 aliphatic heterocycles. The van der Waals surface area contributed by atoms with Crippen LogP contribution < -0.4 is 5.32 Å². The Balaban J connectivity index is 2.31. The summed E-state index contributed by atoms with van der Waals surface area (Å²) in [4.78, 5) is 13.2. The number of ether oxygens (including phenoxy) is 2. The Morgan fingerprint density at radius 3 is 1.25 bits per heavy atom. The van der Waals surface area contributed by atoms with Crippen molar-refractivity contribution in [3.8, 4) is 0 Å². The number of aliphatic hydroxyl groups is 7. The van der Waals surface area contributed by atoms with Gasteiger partial charge in [-0.3, -0.25) is 4.79 Å². The van der Waals surface area contributed by atoms with Crippen LogP contribution in [0.25, 0.3) is 0 Å². The number of hydrogen-bond acceptors (Lipinski definition) is 10. The summed E-state index contributed by atoms with van der Waals surface area (Å²) >= 11 is 0. The molecule has 0 bridgehead atoms. The first-order chi connectivity index (χ1) is 33.7. The lowest BCUT2D eigenvalue weighted by Gasteiger charge is -2.40. The highest BCUT2D eigenvalue weighted by Crippen LogP contribution is 2.23. The Labute approximate surface area is 423 Å². The maximum Gasteiger partial charge on any atom is 0.249 e. The molecule has 1 amide bonds. The van der Waals surface area contributed by atoms with Crippen LogP contribution in [0.2, 0.25) is 0 Å². The molecule has 9 unspecified atom stereocenters. The van der Waals surface area contributed by atoms with E-state index < -0.39 is 74.2 Å². The molecular formula is C58H111NO10. The fourth-order valence-electron chi connectivity index (χ4n) is 9.44. The third kappa shape index (κ3) is 36.2. The first-order valence-corrected chi connectivity index (χ1v) is 29.2. The molecule has 1 fully saturated rings. The van der Waals surface area contributed by atoms with Gasteiger partial charge in [0, 0.05) is 0 Å². The molecule has 8 N–H and O–H groups in total. The van der Waals surface area contributed by atoms with E-state index in [0.717, 1.165) is 38.5 Å². The Kier molecular flexibility index (Phi) is 45.2. The third-order valence-electron chi connectivity index (χ3n) is 14.2. The van der Waals surface area contributed by atoms with Gasteiger partial charge in [0.15, 0.2) is 6.29 Å². The SMILES string of the molecule is CCCCCCCCCCCCCC/C=C\CCCCCCCCCCCC(O)C(=O)NC(COC1OC(CO)C(O)C(O)C1O)C(O)C(O)CCC/C=C/CCCCCCCCCCCCCC. The lowest BCUT2D eigenvalue weighted by molar-refractivity contribution is -0.303. The van der Waals surface area contributed by atoms with Crippen LogP contribution in [0.15, 0.2) is 24.3 Å². The number of carbonyl (C=O) groups is 1. The quantitative estimate of drug-likeness (QED) is 0.0215. The summed E-state index contributed by atoms with van der Waals surface area (Å²) in [6, 6.07) is -1.18. The minimum absolute atomic E-state index is 0.253. The molecule has 0 aromatic carbocycles. The highest BCUT2D eigenvalue weighted by molar-refractivity contribution is 5.80. The van der Waals surface area contributed by atoms with Gasteiger partial charge in [-0.15, -0.1) is 0 Å². The summed E-state index contributed by atoms with van der Waals surface area (Å²) in [5, 5.41) is 76.1. The van der Waals surface area contributed by atoms with E-state index in [0.29, 0.717) is 12.8 Å². The van der Waals surface area contributed by atoms with Crippen LogP contribution in [0.5, 0.6) is 0 Å². The van der Waals surface area contributed by atoms with Gasteiger partial charge in [0.2, 0.25) is 5.91 Å². The van der Waals surface area contributed by atoms with Crippen LogP contribution in [0.3, 0.4) is 0 Å². The van der Waals surface area contributed by atoms with E-state index in [2.05, 4.69) is 43.5 Å². The zero-order valence-electron chi connectivity index (χ0n) is 44.6. The van der Waals surface area contributed by atoms with Gasteiger partial charge >= 0.3 is 0 Å².